The maximum Gasteiger partial charge on any atom is 0.255 e. The molecule has 0 aliphatic carbocycles. The molecule has 0 bridgehead atoms. The Balaban J connectivity index is 2.22. The molecule has 0 heterocycles. The van der Waals surface area contributed by atoms with Gasteiger partial charge < -0.3 is 5.32 Å². The Morgan fingerprint density at radius 1 is 1.12 bits per heavy atom. The molecule has 0 aromatic heterocycles. The number of rotatable bonds is 5. The lowest BCUT2D eigenvalue weighted by atomic mass is 10.1. The van der Waals surface area contributed by atoms with E-state index in [1.807, 2.05) is 0 Å². The highest BCUT2D eigenvalue weighted by Crippen LogP contribution is 2.19. The van der Waals surface area contributed by atoms with Crippen molar-refractivity contribution in [2.24, 2.45) is 0 Å². The first kappa shape index (κ1) is 19.1. The van der Waals surface area contributed by atoms with E-state index in [0.717, 1.165) is 5.56 Å². The molecule has 0 atom stereocenters. The number of benzene rings is 2. The molecule has 7 heteroatoms. The van der Waals surface area contributed by atoms with Crippen LogP contribution in [0.15, 0.2) is 47.4 Å². The lowest BCUT2D eigenvalue weighted by molar-refractivity contribution is 0.102. The van der Waals surface area contributed by atoms with Crippen molar-refractivity contribution in [3.8, 4) is 0 Å². The van der Waals surface area contributed by atoms with E-state index >= 15 is 0 Å². The van der Waals surface area contributed by atoms with Gasteiger partial charge in [-0.3, -0.25) is 4.79 Å². The molecule has 2 aromatic rings. The number of aryl methyl sites for hydroxylation is 1. The van der Waals surface area contributed by atoms with Crippen molar-refractivity contribution in [1.29, 1.82) is 0 Å². The zero-order valence-corrected chi connectivity index (χ0v) is 15.4. The zero-order chi connectivity index (χ0) is 18.8. The molecule has 2 rings (SSSR count). The molecule has 1 amide bonds. The predicted octanol–water partition coefficient (Wildman–Crippen LogP) is 3.42. The van der Waals surface area contributed by atoms with Crippen LogP contribution in [0.2, 0.25) is 0 Å². The van der Waals surface area contributed by atoms with Crippen molar-refractivity contribution in [1.82, 2.24) is 4.31 Å². The smallest absolute Gasteiger partial charge is 0.255 e. The molecule has 0 unspecified atom stereocenters. The Kier molecular flexibility index (Phi) is 5.59. The van der Waals surface area contributed by atoms with Crippen LogP contribution in [0.25, 0.3) is 0 Å². The summed E-state index contributed by atoms with van der Waals surface area (Å²) in [6, 6.07) is 9.60. The first-order valence-corrected chi connectivity index (χ1v) is 9.22. The standard InChI is InChI=1S/C18H21FN2O3S/c1-12(2)21(4)25(23,24)16-9-6-14(7-10-16)18(22)20-17-11-15(19)8-5-13(17)3/h5-12H,1-4H3,(H,20,22). The van der Waals surface area contributed by atoms with Crippen molar-refractivity contribution < 1.29 is 17.6 Å². The van der Waals surface area contributed by atoms with E-state index in [1.54, 1.807) is 26.8 Å². The molecule has 0 fully saturated rings. The molecule has 0 aliphatic heterocycles. The predicted molar refractivity (Wildman–Crippen MR) is 95.6 cm³/mol. The summed E-state index contributed by atoms with van der Waals surface area (Å²) >= 11 is 0. The SMILES string of the molecule is Cc1ccc(F)cc1NC(=O)c1ccc(S(=O)(=O)N(C)C(C)C)cc1. The van der Waals surface area contributed by atoms with Crippen molar-refractivity contribution >= 4 is 21.6 Å². The minimum Gasteiger partial charge on any atom is -0.322 e. The molecule has 1 N–H and O–H groups in total. The Labute approximate surface area is 147 Å². The van der Waals surface area contributed by atoms with Crippen LogP contribution in [0.4, 0.5) is 10.1 Å². The largest absolute Gasteiger partial charge is 0.322 e. The highest BCUT2D eigenvalue weighted by molar-refractivity contribution is 7.89. The number of amides is 1. The molecule has 0 saturated heterocycles. The van der Waals surface area contributed by atoms with Gasteiger partial charge in [0.1, 0.15) is 5.82 Å². The van der Waals surface area contributed by atoms with Gasteiger partial charge in [-0.25, -0.2) is 12.8 Å². The number of hydrogen-bond donors (Lipinski definition) is 1. The van der Waals surface area contributed by atoms with E-state index < -0.39 is 21.7 Å². The third-order valence-corrected chi connectivity index (χ3v) is 6.02. The fraction of sp³-hybridized carbons (Fsp3) is 0.278. The minimum atomic E-state index is -3.60. The van der Waals surface area contributed by atoms with Crippen molar-refractivity contribution in [2.75, 3.05) is 12.4 Å². The summed E-state index contributed by atoms with van der Waals surface area (Å²) in [5.41, 5.74) is 1.39. The van der Waals surface area contributed by atoms with Crippen LogP contribution in [-0.2, 0) is 10.0 Å². The molecule has 25 heavy (non-hydrogen) atoms. The topological polar surface area (TPSA) is 66.5 Å². The fourth-order valence-electron chi connectivity index (χ4n) is 2.15. The van der Waals surface area contributed by atoms with Crippen molar-refractivity contribution in [3.05, 3.63) is 59.4 Å². The van der Waals surface area contributed by atoms with Crippen LogP contribution in [0, 0.1) is 12.7 Å². The normalized spacial score (nSPS) is 11.8. The Bertz CT molecular complexity index is 878. The van der Waals surface area contributed by atoms with Crippen LogP contribution in [0.3, 0.4) is 0 Å². The Hall–Kier alpha value is -2.25. The summed E-state index contributed by atoms with van der Waals surface area (Å²) in [4.78, 5) is 12.4. The van der Waals surface area contributed by atoms with E-state index in [0.29, 0.717) is 5.69 Å². The first-order valence-electron chi connectivity index (χ1n) is 7.78. The van der Waals surface area contributed by atoms with Gasteiger partial charge in [-0.2, -0.15) is 4.31 Å². The van der Waals surface area contributed by atoms with E-state index in [-0.39, 0.29) is 16.5 Å². The molecule has 5 nitrogen and oxygen atoms in total. The fourth-order valence-corrected chi connectivity index (χ4v) is 3.51. The Morgan fingerprint density at radius 3 is 2.28 bits per heavy atom. The van der Waals surface area contributed by atoms with Gasteiger partial charge in [0, 0.05) is 24.3 Å². The number of nitrogens with one attached hydrogen (secondary N) is 1. The van der Waals surface area contributed by atoms with Crippen LogP contribution in [0.1, 0.15) is 29.8 Å². The molecule has 0 radical (unpaired) electrons. The molecule has 0 spiro atoms. The van der Waals surface area contributed by atoms with E-state index in [9.17, 15) is 17.6 Å². The molecular weight excluding hydrogens is 343 g/mol. The monoisotopic (exact) mass is 364 g/mol. The number of anilines is 1. The summed E-state index contributed by atoms with van der Waals surface area (Å²) in [5, 5.41) is 2.63. The van der Waals surface area contributed by atoms with E-state index in [1.165, 1.54) is 47.8 Å². The van der Waals surface area contributed by atoms with E-state index in [2.05, 4.69) is 5.32 Å². The minimum absolute atomic E-state index is 0.113. The average molecular weight is 364 g/mol. The third kappa shape index (κ3) is 4.24. The molecule has 0 saturated carbocycles. The number of hydrogen-bond acceptors (Lipinski definition) is 3. The van der Waals surface area contributed by atoms with Gasteiger partial charge in [0.15, 0.2) is 0 Å². The van der Waals surface area contributed by atoms with Crippen LogP contribution >= 0.6 is 0 Å². The number of nitrogens with zero attached hydrogens (tertiary/aromatic N) is 1. The summed E-state index contributed by atoms with van der Waals surface area (Å²) < 4.78 is 39.4. The number of sulfonamides is 1. The van der Waals surface area contributed by atoms with Crippen molar-refractivity contribution in [2.45, 2.75) is 31.7 Å². The number of carbonyl (C=O) groups is 1. The lowest BCUT2D eigenvalue weighted by Crippen LogP contribution is -2.33. The van der Waals surface area contributed by atoms with Gasteiger partial charge in [0.25, 0.3) is 5.91 Å². The van der Waals surface area contributed by atoms with Gasteiger partial charge in [-0.1, -0.05) is 6.07 Å². The van der Waals surface area contributed by atoms with Crippen LogP contribution in [0.5, 0.6) is 0 Å². The van der Waals surface area contributed by atoms with Gasteiger partial charge in [-0.15, -0.1) is 0 Å². The van der Waals surface area contributed by atoms with Crippen molar-refractivity contribution in [3.63, 3.8) is 0 Å². The molecule has 134 valence electrons. The second-order valence-electron chi connectivity index (χ2n) is 6.05. The second-order valence-corrected chi connectivity index (χ2v) is 8.05. The average Bonchev–Trinajstić information content (AvgIpc) is 2.57. The summed E-state index contributed by atoms with van der Waals surface area (Å²) in [6.07, 6.45) is 0. The van der Waals surface area contributed by atoms with Gasteiger partial charge in [0.2, 0.25) is 10.0 Å². The third-order valence-electron chi connectivity index (χ3n) is 3.97. The van der Waals surface area contributed by atoms with Gasteiger partial charge in [0.05, 0.1) is 4.90 Å². The van der Waals surface area contributed by atoms with Crippen LogP contribution < -0.4 is 5.32 Å². The van der Waals surface area contributed by atoms with Gasteiger partial charge >= 0.3 is 0 Å². The lowest BCUT2D eigenvalue weighted by Gasteiger charge is -2.21. The summed E-state index contributed by atoms with van der Waals surface area (Å²) in [6.45, 7) is 5.31. The first-order chi connectivity index (χ1) is 11.6. The molecular formula is C18H21FN2O3S. The summed E-state index contributed by atoms with van der Waals surface area (Å²) in [5.74, 6) is -0.881. The highest BCUT2D eigenvalue weighted by Gasteiger charge is 2.23. The maximum atomic E-state index is 13.3. The maximum absolute atomic E-state index is 13.3. The number of carbonyl (C=O) groups excluding carboxylic acids is 1. The number of halogens is 1. The zero-order valence-electron chi connectivity index (χ0n) is 14.6. The second kappa shape index (κ2) is 7.33. The Morgan fingerprint density at radius 2 is 1.72 bits per heavy atom. The molecule has 0 aliphatic rings. The van der Waals surface area contributed by atoms with E-state index in [4.69, 9.17) is 0 Å². The van der Waals surface area contributed by atoms with Crippen LogP contribution in [-0.4, -0.2) is 31.7 Å². The molecule has 2 aromatic carbocycles. The quantitative estimate of drug-likeness (QED) is 0.884. The highest BCUT2D eigenvalue weighted by atomic mass is 32.2. The van der Waals surface area contributed by atoms with Gasteiger partial charge in [-0.05, 0) is 62.7 Å². The summed E-state index contributed by atoms with van der Waals surface area (Å²) in [7, 11) is -2.09.